The van der Waals surface area contributed by atoms with E-state index in [1.54, 1.807) is 0 Å². The van der Waals surface area contributed by atoms with Gasteiger partial charge in [-0.3, -0.25) is 0 Å². The molecule has 0 saturated heterocycles. The molecule has 1 N–H and O–H groups in total. The standard InChI is InChI=1S/C12H27NO/c1-5-11(3)10-12(4)13-8-7-9-14-6-2/h11-13H,5-10H2,1-4H3. The summed E-state index contributed by atoms with van der Waals surface area (Å²) in [6, 6.07) is 0.645. The lowest BCUT2D eigenvalue weighted by atomic mass is 10.0. The summed E-state index contributed by atoms with van der Waals surface area (Å²) in [5, 5.41) is 3.53. The third-order valence-corrected chi connectivity index (χ3v) is 2.62. The van der Waals surface area contributed by atoms with Crippen LogP contribution >= 0.6 is 0 Å². The molecule has 0 fully saturated rings. The molecule has 2 atom stereocenters. The molecule has 2 nitrogen and oxygen atoms in total. The van der Waals surface area contributed by atoms with Crippen molar-refractivity contribution in [3.63, 3.8) is 0 Å². The van der Waals surface area contributed by atoms with E-state index in [0.717, 1.165) is 32.1 Å². The number of nitrogens with one attached hydrogen (secondary N) is 1. The molecule has 2 unspecified atom stereocenters. The Kier molecular flexibility index (Phi) is 9.42. The number of hydrogen-bond donors (Lipinski definition) is 1. The third-order valence-electron chi connectivity index (χ3n) is 2.62. The van der Waals surface area contributed by atoms with E-state index in [9.17, 15) is 0 Å². The van der Waals surface area contributed by atoms with Crippen molar-refractivity contribution in [2.75, 3.05) is 19.8 Å². The van der Waals surface area contributed by atoms with Crippen molar-refractivity contribution < 1.29 is 4.74 Å². The van der Waals surface area contributed by atoms with Crippen molar-refractivity contribution in [2.24, 2.45) is 5.92 Å². The molecule has 0 aromatic carbocycles. The Balaban J connectivity index is 3.22. The van der Waals surface area contributed by atoms with Crippen LogP contribution < -0.4 is 5.32 Å². The molecule has 0 aliphatic carbocycles. The second kappa shape index (κ2) is 9.47. The first kappa shape index (κ1) is 13.9. The van der Waals surface area contributed by atoms with Gasteiger partial charge in [0.05, 0.1) is 0 Å². The van der Waals surface area contributed by atoms with Gasteiger partial charge in [-0.15, -0.1) is 0 Å². The van der Waals surface area contributed by atoms with E-state index in [1.807, 2.05) is 6.92 Å². The molecule has 0 rings (SSSR count). The maximum atomic E-state index is 5.28. The van der Waals surface area contributed by atoms with Gasteiger partial charge in [-0.1, -0.05) is 20.3 Å². The van der Waals surface area contributed by atoms with Crippen molar-refractivity contribution in [1.29, 1.82) is 0 Å². The fourth-order valence-electron chi connectivity index (χ4n) is 1.52. The van der Waals surface area contributed by atoms with Gasteiger partial charge in [0.25, 0.3) is 0 Å². The Labute approximate surface area is 89.4 Å². The summed E-state index contributed by atoms with van der Waals surface area (Å²) < 4.78 is 5.28. The molecule has 0 heterocycles. The van der Waals surface area contributed by atoms with E-state index in [-0.39, 0.29) is 0 Å². The van der Waals surface area contributed by atoms with Crippen LogP contribution in [0, 0.1) is 5.92 Å². The third kappa shape index (κ3) is 8.52. The topological polar surface area (TPSA) is 21.3 Å². The molecule has 2 heteroatoms. The minimum Gasteiger partial charge on any atom is -0.382 e. The summed E-state index contributed by atoms with van der Waals surface area (Å²) in [5.74, 6) is 0.837. The molecule has 0 radical (unpaired) electrons. The molecule has 0 bridgehead atoms. The van der Waals surface area contributed by atoms with E-state index in [0.29, 0.717) is 6.04 Å². The van der Waals surface area contributed by atoms with Crippen LogP contribution in [-0.4, -0.2) is 25.8 Å². The Hall–Kier alpha value is -0.0800. The zero-order valence-corrected chi connectivity index (χ0v) is 10.3. The van der Waals surface area contributed by atoms with Gasteiger partial charge in [-0.25, -0.2) is 0 Å². The van der Waals surface area contributed by atoms with Crippen molar-refractivity contribution in [3.05, 3.63) is 0 Å². The average Bonchev–Trinajstić information content (AvgIpc) is 2.17. The van der Waals surface area contributed by atoms with E-state index < -0.39 is 0 Å². The Morgan fingerprint density at radius 1 is 1.21 bits per heavy atom. The van der Waals surface area contributed by atoms with E-state index in [1.165, 1.54) is 12.8 Å². The predicted molar refractivity (Wildman–Crippen MR) is 62.6 cm³/mol. The van der Waals surface area contributed by atoms with Gasteiger partial charge in [0.15, 0.2) is 0 Å². The SMILES string of the molecule is CCOCCCNC(C)CC(C)CC. The largest absolute Gasteiger partial charge is 0.382 e. The Morgan fingerprint density at radius 2 is 1.93 bits per heavy atom. The van der Waals surface area contributed by atoms with Gasteiger partial charge in [0.1, 0.15) is 0 Å². The highest BCUT2D eigenvalue weighted by Gasteiger charge is 2.05. The molecule has 0 aromatic heterocycles. The molecule has 86 valence electrons. The fourth-order valence-corrected chi connectivity index (χ4v) is 1.52. The Morgan fingerprint density at radius 3 is 2.50 bits per heavy atom. The normalized spacial score (nSPS) is 15.4. The molecule has 0 amide bonds. The van der Waals surface area contributed by atoms with Gasteiger partial charge in [-0.2, -0.15) is 0 Å². The summed E-state index contributed by atoms with van der Waals surface area (Å²) in [6.07, 6.45) is 3.69. The van der Waals surface area contributed by atoms with Crippen molar-refractivity contribution in [1.82, 2.24) is 5.32 Å². The summed E-state index contributed by atoms with van der Waals surface area (Å²) in [7, 11) is 0. The molecule has 0 aliphatic heterocycles. The lowest BCUT2D eigenvalue weighted by Gasteiger charge is -2.17. The summed E-state index contributed by atoms with van der Waals surface area (Å²) in [6.45, 7) is 11.7. The molecule has 0 spiro atoms. The van der Waals surface area contributed by atoms with Gasteiger partial charge in [0.2, 0.25) is 0 Å². The van der Waals surface area contributed by atoms with Crippen LogP contribution in [0.25, 0.3) is 0 Å². The number of hydrogen-bond acceptors (Lipinski definition) is 2. The first-order valence-corrected chi connectivity index (χ1v) is 6.01. The minimum atomic E-state index is 0.645. The molecule has 14 heavy (non-hydrogen) atoms. The van der Waals surface area contributed by atoms with Crippen molar-refractivity contribution >= 4 is 0 Å². The monoisotopic (exact) mass is 201 g/mol. The van der Waals surface area contributed by atoms with Gasteiger partial charge in [-0.05, 0) is 39.2 Å². The van der Waals surface area contributed by atoms with Crippen LogP contribution in [0.1, 0.15) is 47.0 Å². The first-order valence-electron chi connectivity index (χ1n) is 6.01. The van der Waals surface area contributed by atoms with Crippen molar-refractivity contribution in [2.45, 2.75) is 53.0 Å². The minimum absolute atomic E-state index is 0.645. The van der Waals surface area contributed by atoms with E-state index in [4.69, 9.17) is 4.74 Å². The van der Waals surface area contributed by atoms with Crippen LogP contribution in [-0.2, 0) is 4.74 Å². The van der Waals surface area contributed by atoms with Crippen molar-refractivity contribution in [3.8, 4) is 0 Å². The highest BCUT2D eigenvalue weighted by molar-refractivity contribution is 4.64. The van der Waals surface area contributed by atoms with Crippen LogP contribution in [0.4, 0.5) is 0 Å². The van der Waals surface area contributed by atoms with E-state index >= 15 is 0 Å². The van der Waals surface area contributed by atoms with Crippen LogP contribution in [0.15, 0.2) is 0 Å². The fraction of sp³-hybridized carbons (Fsp3) is 1.00. The Bertz CT molecular complexity index is 117. The van der Waals surface area contributed by atoms with Gasteiger partial charge in [0, 0.05) is 19.3 Å². The highest BCUT2D eigenvalue weighted by Crippen LogP contribution is 2.08. The first-order chi connectivity index (χ1) is 6.70. The second-order valence-electron chi connectivity index (χ2n) is 4.15. The van der Waals surface area contributed by atoms with Crippen LogP contribution in [0.2, 0.25) is 0 Å². The number of rotatable bonds is 9. The molecular weight excluding hydrogens is 174 g/mol. The molecule has 0 aliphatic rings. The predicted octanol–water partition coefficient (Wildman–Crippen LogP) is 2.83. The molecule has 0 aromatic rings. The zero-order chi connectivity index (χ0) is 10.8. The van der Waals surface area contributed by atoms with Crippen LogP contribution in [0.5, 0.6) is 0 Å². The lowest BCUT2D eigenvalue weighted by Crippen LogP contribution is -2.29. The summed E-state index contributed by atoms with van der Waals surface area (Å²) >= 11 is 0. The average molecular weight is 201 g/mol. The zero-order valence-electron chi connectivity index (χ0n) is 10.3. The molecule has 0 saturated carbocycles. The summed E-state index contributed by atoms with van der Waals surface area (Å²) in [5.41, 5.74) is 0. The summed E-state index contributed by atoms with van der Waals surface area (Å²) in [4.78, 5) is 0. The smallest absolute Gasteiger partial charge is 0.0477 e. The maximum absolute atomic E-state index is 5.28. The molecular formula is C12H27NO. The highest BCUT2D eigenvalue weighted by atomic mass is 16.5. The van der Waals surface area contributed by atoms with Gasteiger partial charge >= 0.3 is 0 Å². The van der Waals surface area contributed by atoms with Gasteiger partial charge < -0.3 is 10.1 Å². The number of ether oxygens (including phenoxy) is 1. The second-order valence-corrected chi connectivity index (χ2v) is 4.15. The maximum Gasteiger partial charge on any atom is 0.0477 e. The quantitative estimate of drug-likeness (QED) is 0.579. The van der Waals surface area contributed by atoms with Crippen LogP contribution in [0.3, 0.4) is 0 Å². The lowest BCUT2D eigenvalue weighted by molar-refractivity contribution is 0.144. The van der Waals surface area contributed by atoms with E-state index in [2.05, 4.69) is 26.1 Å².